The fourth-order valence-electron chi connectivity index (χ4n) is 3.79. The molecule has 160 valence electrons. The van der Waals surface area contributed by atoms with Gasteiger partial charge >= 0.3 is 5.69 Å². The molecular weight excluding hydrogens is 422 g/mol. The number of carbonyl (C=O) groups excluding carboxylic acids is 1. The van der Waals surface area contributed by atoms with Crippen LogP contribution >= 0.6 is 11.3 Å². The Labute approximate surface area is 188 Å². The molecule has 5 aromatic rings. The van der Waals surface area contributed by atoms with E-state index in [2.05, 4.69) is 18.1 Å². The van der Waals surface area contributed by atoms with E-state index >= 15 is 0 Å². The summed E-state index contributed by atoms with van der Waals surface area (Å²) in [4.78, 5) is 32.6. The molecule has 2 aromatic carbocycles. The highest BCUT2D eigenvalue weighted by molar-refractivity contribution is 7.22. The summed E-state index contributed by atoms with van der Waals surface area (Å²) < 4.78 is 3.69. The molecule has 0 spiro atoms. The minimum Gasteiger partial charge on any atom is -0.282 e. The molecule has 32 heavy (non-hydrogen) atoms. The molecule has 0 aliphatic heterocycles. The molecule has 0 fully saturated rings. The number of hydrogen-bond donors (Lipinski definition) is 0. The van der Waals surface area contributed by atoms with Gasteiger partial charge in [-0.25, -0.2) is 14.5 Å². The van der Waals surface area contributed by atoms with Crippen LogP contribution in [0.15, 0.2) is 71.7 Å². The number of benzene rings is 2. The molecule has 0 radical (unpaired) electrons. The molecule has 0 unspecified atom stereocenters. The van der Waals surface area contributed by atoms with E-state index in [0.717, 1.165) is 26.9 Å². The Hall–Kier alpha value is -3.78. The highest BCUT2D eigenvalue weighted by Crippen LogP contribution is 2.33. The number of aryl methyl sites for hydroxylation is 2. The molecular formula is C24H21N5O2S. The van der Waals surface area contributed by atoms with E-state index in [1.807, 2.05) is 43.3 Å². The van der Waals surface area contributed by atoms with Crippen LogP contribution in [0.25, 0.3) is 15.9 Å². The Bertz CT molecular complexity index is 1500. The fourth-order valence-corrected chi connectivity index (χ4v) is 4.83. The maximum Gasteiger partial charge on any atom is 0.350 e. The monoisotopic (exact) mass is 443 g/mol. The maximum atomic E-state index is 13.5. The predicted octanol–water partition coefficient (Wildman–Crippen LogP) is 3.96. The van der Waals surface area contributed by atoms with Crippen LogP contribution < -0.4 is 10.6 Å². The molecule has 1 amide bonds. The minimum absolute atomic E-state index is 0.165. The van der Waals surface area contributed by atoms with Crippen molar-refractivity contribution < 1.29 is 4.79 Å². The molecule has 0 saturated heterocycles. The molecule has 5 rings (SSSR count). The van der Waals surface area contributed by atoms with Crippen molar-refractivity contribution in [3.63, 3.8) is 0 Å². The zero-order valence-corrected chi connectivity index (χ0v) is 18.5. The van der Waals surface area contributed by atoms with Gasteiger partial charge in [0.25, 0.3) is 5.91 Å². The standard InChI is InChI=1S/C24H21N5O2S/c1-16-12-17(2)22-19(13-16)25-23(32-22)28(14-18-8-4-3-5-9-18)21(30)15-29-24(31)27-11-7-6-10-20(27)26-29/h3-13H,14-15H2,1-2H3. The van der Waals surface area contributed by atoms with Crippen LogP contribution in [0.3, 0.4) is 0 Å². The smallest absolute Gasteiger partial charge is 0.282 e. The van der Waals surface area contributed by atoms with Crippen molar-refractivity contribution in [2.75, 3.05) is 4.90 Å². The number of nitrogens with zero attached hydrogens (tertiary/aromatic N) is 5. The van der Waals surface area contributed by atoms with Crippen LogP contribution in [-0.2, 0) is 17.9 Å². The van der Waals surface area contributed by atoms with E-state index in [4.69, 9.17) is 4.98 Å². The van der Waals surface area contributed by atoms with Crippen molar-refractivity contribution in [2.45, 2.75) is 26.9 Å². The third-order valence-corrected chi connectivity index (χ3v) is 6.53. The second-order valence-corrected chi connectivity index (χ2v) is 8.74. The van der Waals surface area contributed by atoms with Gasteiger partial charge in [-0.3, -0.25) is 14.1 Å². The largest absolute Gasteiger partial charge is 0.350 e. The van der Waals surface area contributed by atoms with Crippen molar-refractivity contribution >= 4 is 38.2 Å². The summed E-state index contributed by atoms with van der Waals surface area (Å²) in [5, 5.41) is 4.92. The van der Waals surface area contributed by atoms with Gasteiger partial charge in [-0.2, -0.15) is 0 Å². The van der Waals surface area contributed by atoms with Gasteiger partial charge in [0.1, 0.15) is 6.54 Å². The Morgan fingerprint density at radius 1 is 1.06 bits per heavy atom. The number of pyridine rings is 1. The molecule has 0 aliphatic carbocycles. The fraction of sp³-hybridized carbons (Fsp3) is 0.167. The Balaban J connectivity index is 1.55. The molecule has 0 atom stereocenters. The van der Waals surface area contributed by atoms with Crippen LogP contribution in [0.5, 0.6) is 0 Å². The highest BCUT2D eigenvalue weighted by Gasteiger charge is 2.23. The second-order valence-electron chi connectivity index (χ2n) is 7.76. The lowest BCUT2D eigenvalue weighted by atomic mass is 10.1. The Morgan fingerprint density at radius 3 is 2.62 bits per heavy atom. The molecule has 3 heterocycles. The summed E-state index contributed by atoms with van der Waals surface area (Å²) in [6, 6.07) is 19.2. The summed E-state index contributed by atoms with van der Waals surface area (Å²) in [5.74, 6) is -0.243. The molecule has 8 heteroatoms. The van der Waals surface area contributed by atoms with Crippen LogP contribution in [0.2, 0.25) is 0 Å². The normalized spacial score (nSPS) is 11.3. The van der Waals surface area contributed by atoms with E-state index in [-0.39, 0.29) is 18.1 Å². The average molecular weight is 444 g/mol. The van der Waals surface area contributed by atoms with Gasteiger partial charge in [0.15, 0.2) is 10.8 Å². The number of rotatable bonds is 5. The summed E-state index contributed by atoms with van der Waals surface area (Å²) in [5.41, 5.74) is 4.28. The van der Waals surface area contributed by atoms with Gasteiger partial charge < -0.3 is 0 Å². The van der Waals surface area contributed by atoms with Crippen molar-refractivity contribution in [2.24, 2.45) is 0 Å². The minimum atomic E-state index is -0.343. The van der Waals surface area contributed by atoms with Crippen molar-refractivity contribution in [1.29, 1.82) is 0 Å². The summed E-state index contributed by atoms with van der Waals surface area (Å²) in [7, 11) is 0. The van der Waals surface area contributed by atoms with Gasteiger partial charge in [-0.15, -0.1) is 5.10 Å². The van der Waals surface area contributed by atoms with Crippen LogP contribution in [0, 0.1) is 13.8 Å². The number of aromatic nitrogens is 4. The maximum absolute atomic E-state index is 13.5. The van der Waals surface area contributed by atoms with Crippen molar-refractivity contribution in [1.82, 2.24) is 19.2 Å². The second kappa shape index (κ2) is 8.05. The third-order valence-electron chi connectivity index (χ3n) is 5.30. The predicted molar refractivity (Wildman–Crippen MR) is 126 cm³/mol. The zero-order chi connectivity index (χ0) is 22.2. The summed E-state index contributed by atoms with van der Waals surface area (Å²) in [6.07, 6.45) is 1.64. The van der Waals surface area contributed by atoms with Crippen LogP contribution in [0.1, 0.15) is 16.7 Å². The van der Waals surface area contributed by atoms with E-state index in [9.17, 15) is 9.59 Å². The Morgan fingerprint density at radius 2 is 1.84 bits per heavy atom. The number of carbonyl (C=O) groups is 1. The van der Waals surface area contributed by atoms with Gasteiger partial charge in [0.05, 0.1) is 16.8 Å². The van der Waals surface area contributed by atoms with Gasteiger partial charge in [-0.1, -0.05) is 53.8 Å². The lowest BCUT2D eigenvalue weighted by Crippen LogP contribution is -2.36. The van der Waals surface area contributed by atoms with E-state index in [1.54, 1.807) is 29.3 Å². The van der Waals surface area contributed by atoms with E-state index in [1.165, 1.54) is 20.4 Å². The topological polar surface area (TPSA) is 72.5 Å². The Kier molecular flexibility index (Phi) is 5.07. The molecule has 0 saturated carbocycles. The quantitative estimate of drug-likeness (QED) is 0.412. The van der Waals surface area contributed by atoms with Crippen LogP contribution in [0.4, 0.5) is 5.13 Å². The number of hydrogen-bond acceptors (Lipinski definition) is 5. The first-order chi connectivity index (χ1) is 15.5. The SMILES string of the molecule is Cc1cc(C)c2sc(N(Cc3ccccc3)C(=O)Cn3nc4ccccn4c3=O)nc2c1. The number of amides is 1. The summed E-state index contributed by atoms with van der Waals surface area (Å²) in [6.45, 7) is 4.28. The first kappa shape index (κ1) is 20.1. The first-order valence-corrected chi connectivity index (χ1v) is 11.1. The number of fused-ring (bicyclic) bond motifs is 2. The van der Waals surface area contributed by atoms with E-state index < -0.39 is 0 Å². The highest BCUT2D eigenvalue weighted by atomic mass is 32.1. The number of thiazole rings is 1. The van der Waals surface area contributed by atoms with Gasteiger partial charge in [0.2, 0.25) is 0 Å². The molecule has 0 aliphatic rings. The molecule has 3 aromatic heterocycles. The van der Waals surface area contributed by atoms with Crippen molar-refractivity contribution in [3.8, 4) is 0 Å². The van der Waals surface area contributed by atoms with Crippen LogP contribution in [-0.4, -0.2) is 25.1 Å². The van der Waals surface area contributed by atoms with Gasteiger partial charge in [-0.05, 0) is 48.7 Å². The van der Waals surface area contributed by atoms with E-state index in [0.29, 0.717) is 17.3 Å². The van der Waals surface area contributed by atoms with Crippen molar-refractivity contribution in [3.05, 3.63) is 94.0 Å². The average Bonchev–Trinajstić information content (AvgIpc) is 3.34. The zero-order valence-electron chi connectivity index (χ0n) is 17.7. The first-order valence-electron chi connectivity index (χ1n) is 10.3. The summed E-state index contributed by atoms with van der Waals surface area (Å²) >= 11 is 1.49. The lowest BCUT2D eigenvalue weighted by molar-refractivity contribution is -0.119. The van der Waals surface area contributed by atoms with Gasteiger partial charge in [0, 0.05) is 6.20 Å². The molecule has 7 nitrogen and oxygen atoms in total. The molecule has 0 N–H and O–H groups in total. The third kappa shape index (κ3) is 3.69. The lowest BCUT2D eigenvalue weighted by Gasteiger charge is -2.19. The molecule has 0 bridgehead atoms. The number of anilines is 1.